The Labute approximate surface area is 125 Å². The largest absolute Gasteiger partial charge is 0.324 e. The van der Waals surface area contributed by atoms with Crippen molar-refractivity contribution in [2.24, 2.45) is 5.73 Å². The number of rotatable bonds is 4. The van der Waals surface area contributed by atoms with Crippen LogP contribution in [0, 0.1) is 0 Å². The molecule has 1 unspecified atom stereocenters. The molecule has 0 aliphatic rings. The molecule has 1 atom stereocenters. The first-order valence-corrected chi connectivity index (χ1v) is 7.24. The molecule has 1 aromatic heterocycles. The fourth-order valence-electron chi connectivity index (χ4n) is 2.38. The van der Waals surface area contributed by atoms with Crippen LogP contribution in [-0.2, 0) is 0 Å². The highest BCUT2D eigenvalue weighted by molar-refractivity contribution is 5.63. The maximum absolute atomic E-state index is 6.12. The molecular formula is C18H19N3. The van der Waals surface area contributed by atoms with E-state index in [1.807, 2.05) is 47.4 Å². The zero-order chi connectivity index (χ0) is 14.7. The third kappa shape index (κ3) is 2.88. The van der Waals surface area contributed by atoms with Crippen LogP contribution in [0.25, 0.3) is 16.8 Å². The molecule has 0 saturated carbocycles. The summed E-state index contributed by atoms with van der Waals surface area (Å²) in [5.74, 6) is 0. The van der Waals surface area contributed by atoms with E-state index < -0.39 is 0 Å². The summed E-state index contributed by atoms with van der Waals surface area (Å²) in [6.45, 7) is 2.10. The smallest absolute Gasteiger partial charge is 0.0645 e. The lowest BCUT2D eigenvalue weighted by Crippen LogP contribution is -2.08. The molecular weight excluding hydrogens is 258 g/mol. The maximum Gasteiger partial charge on any atom is 0.0645 e. The molecule has 2 aromatic carbocycles. The van der Waals surface area contributed by atoms with Crippen LogP contribution in [-0.4, -0.2) is 9.78 Å². The lowest BCUT2D eigenvalue weighted by atomic mass is 10.0. The van der Waals surface area contributed by atoms with Crippen molar-refractivity contribution in [3.05, 3.63) is 72.6 Å². The predicted molar refractivity (Wildman–Crippen MR) is 86.2 cm³/mol. The number of hydrogen-bond acceptors (Lipinski definition) is 2. The molecule has 0 radical (unpaired) electrons. The number of nitrogens with zero attached hydrogens (tertiary/aromatic N) is 2. The molecule has 106 valence electrons. The highest BCUT2D eigenvalue weighted by Gasteiger charge is 2.07. The Morgan fingerprint density at radius 2 is 1.86 bits per heavy atom. The fourth-order valence-corrected chi connectivity index (χ4v) is 2.38. The zero-order valence-corrected chi connectivity index (χ0v) is 12.1. The fraction of sp³-hybridized carbons (Fsp3) is 0.167. The van der Waals surface area contributed by atoms with Crippen molar-refractivity contribution in [1.82, 2.24) is 9.78 Å². The van der Waals surface area contributed by atoms with Crippen LogP contribution < -0.4 is 5.73 Å². The molecule has 3 rings (SSSR count). The van der Waals surface area contributed by atoms with Crippen molar-refractivity contribution in [2.75, 3.05) is 0 Å². The normalized spacial score (nSPS) is 12.3. The Morgan fingerprint density at radius 3 is 2.62 bits per heavy atom. The summed E-state index contributed by atoms with van der Waals surface area (Å²) in [6.07, 6.45) is 4.88. The zero-order valence-electron chi connectivity index (χ0n) is 12.1. The summed E-state index contributed by atoms with van der Waals surface area (Å²) in [6, 6.07) is 18.6. The first-order chi connectivity index (χ1) is 10.3. The van der Waals surface area contributed by atoms with Gasteiger partial charge in [-0.15, -0.1) is 0 Å². The van der Waals surface area contributed by atoms with E-state index in [1.165, 1.54) is 5.56 Å². The average Bonchev–Trinajstić information content (AvgIpc) is 3.05. The van der Waals surface area contributed by atoms with Crippen molar-refractivity contribution in [1.29, 1.82) is 0 Å². The van der Waals surface area contributed by atoms with Gasteiger partial charge in [-0.25, -0.2) is 4.68 Å². The Balaban J connectivity index is 1.93. The molecule has 2 N–H and O–H groups in total. The van der Waals surface area contributed by atoms with Gasteiger partial charge in [-0.1, -0.05) is 43.3 Å². The molecule has 0 saturated heterocycles. The van der Waals surface area contributed by atoms with Gasteiger partial charge in [0.05, 0.1) is 11.9 Å². The van der Waals surface area contributed by atoms with Crippen LogP contribution in [0.3, 0.4) is 0 Å². The summed E-state index contributed by atoms with van der Waals surface area (Å²) in [5.41, 5.74) is 10.6. The van der Waals surface area contributed by atoms with Gasteiger partial charge in [-0.05, 0) is 35.7 Å². The van der Waals surface area contributed by atoms with Crippen LogP contribution in [0.2, 0.25) is 0 Å². The second-order valence-corrected chi connectivity index (χ2v) is 5.15. The minimum atomic E-state index is 0.0918. The number of hydrogen-bond donors (Lipinski definition) is 1. The topological polar surface area (TPSA) is 43.8 Å². The first kappa shape index (κ1) is 13.6. The predicted octanol–water partition coefficient (Wildman–Crippen LogP) is 3.95. The van der Waals surface area contributed by atoms with E-state index in [4.69, 9.17) is 5.73 Å². The summed E-state index contributed by atoms with van der Waals surface area (Å²) in [7, 11) is 0. The summed E-state index contributed by atoms with van der Waals surface area (Å²) in [4.78, 5) is 0. The van der Waals surface area contributed by atoms with E-state index in [0.717, 1.165) is 23.2 Å². The lowest BCUT2D eigenvalue weighted by Gasteiger charge is -2.10. The van der Waals surface area contributed by atoms with E-state index in [1.54, 1.807) is 0 Å². The lowest BCUT2D eigenvalue weighted by molar-refractivity contribution is 0.699. The molecule has 3 nitrogen and oxygen atoms in total. The van der Waals surface area contributed by atoms with Gasteiger partial charge in [-0.3, -0.25) is 0 Å². The van der Waals surface area contributed by atoms with Crippen molar-refractivity contribution in [3.63, 3.8) is 0 Å². The molecule has 0 bridgehead atoms. The van der Waals surface area contributed by atoms with Crippen molar-refractivity contribution < 1.29 is 0 Å². The number of para-hydroxylation sites is 1. The van der Waals surface area contributed by atoms with E-state index in [9.17, 15) is 0 Å². The van der Waals surface area contributed by atoms with E-state index in [0.29, 0.717) is 0 Å². The Hall–Kier alpha value is -2.39. The maximum atomic E-state index is 6.12. The highest BCUT2D eigenvalue weighted by atomic mass is 15.3. The Kier molecular flexibility index (Phi) is 3.84. The van der Waals surface area contributed by atoms with Gasteiger partial charge in [0.1, 0.15) is 0 Å². The van der Waals surface area contributed by atoms with Gasteiger partial charge in [-0.2, -0.15) is 5.10 Å². The SMILES string of the molecule is CCC(N)c1cccc(-c2cnn(-c3ccccc3)c2)c1. The molecule has 0 fully saturated rings. The van der Waals surface area contributed by atoms with Crippen molar-refractivity contribution >= 4 is 0 Å². The molecule has 0 aliphatic heterocycles. The van der Waals surface area contributed by atoms with Gasteiger partial charge in [0.2, 0.25) is 0 Å². The minimum Gasteiger partial charge on any atom is -0.324 e. The van der Waals surface area contributed by atoms with Crippen molar-refractivity contribution in [3.8, 4) is 16.8 Å². The number of aromatic nitrogens is 2. The van der Waals surface area contributed by atoms with Crippen LogP contribution in [0.4, 0.5) is 0 Å². The third-order valence-corrected chi connectivity index (χ3v) is 3.69. The Morgan fingerprint density at radius 1 is 1.05 bits per heavy atom. The van der Waals surface area contributed by atoms with E-state index in [-0.39, 0.29) is 6.04 Å². The molecule has 3 aromatic rings. The van der Waals surface area contributed by atoms with Gasteiger partial charge in [0, 0.05) is 17.8 Å². The van der Waals surface area contributed by atoms with Crippen LogP contribution in [0.5, 0.6) is 0 Å². The highest BCUT2D eigenvalue weighted by Crippen LogP contribution is 2.24. The summed E-state index contributed by atoms with van der Waals surface area (Å²) >= 11 is 0. The average molecular weight is 277 g/mol. The number of benzene rings is 2. The van der Waals surface area contributed by atoms with Crippen LogP contribution in [0.1, 0.15) is 24.9 Å². The third-order valence-electron chi connectivity index (χ3n) is 3.69. The molecule has 0 amide bonds. The summed E-state index contributed by atoms with van der Waals surface area (Å²) in [5, 5.41) is 4.44. The second-order valence-electron chi connectivity index (χ2n) is 5.15. The van der Waals surface area contributed by atoms with Crippen LogP contribution >= 0.6 is 0 Å². The number of nitrogens with two attached hydrogens (primary N) is 1. The molecule has 3 heteroatoms. The molecule has 0 spiro atoms. The summed E-state index contributed by atoms with van der Waals surface area (Å²) < 4.78 is 1.89. The van der Waals surface area contributed by atoms with E-state index in [2.05, 4.69) is 36.3 Å². The van der Waals surface area contributed by atoms with Gasteiger partial charge in [0.25, 0.3) is 0 Å². The second kappa shape index (κ2) is 5.94. The van der Waals surface area contributed by atoms with Gasteiger partial charge >= 0.3 is 0 Å². The quantitative estimate of drug-likeness (QED) is 0.784. The Bertz CT molecular complexity index is 716. The van der Waals surface area contributed by atoms with E-state index >= 15 is 0 Å². The molecule has 0 aliphatic carbocycles. The van der Waals surface area contributed by atoms with Gasteiger partial charge < -0.3 is 5.73 Å². The standard InChI is InChI=1S/C18H19N3/c1-2-18(19)15-8-6-7-14(11-15)16-12-20-21(13-16)17-9-4-3-5-10-17/h3-13,18H,2,19H2,1H3. The van der Waals surface area contributed by atoms with Crippen LogP contribution in [0.15, 0.2) is 67.0 Å². The molecule has 21 heavy (non-hydrogen) atoms. The first-order valence-electron chi connectivity index (χ1n) is 7.24. The molecule has 1 heterocycles. The van der Waals surface area contributed by atoms with Crippen molar-refractivity contribution in [2.45, 2.75) is 19.4 Å². The monoisotopic (exact) mass is 277 g/mol. The minimum absolute atomic E-state index is 0.0918. The van der Waals surface area contributed by atoms with Gasteiger partial charge in [0.15, 0.2) is 0 Å².